The molecule has 20 heavy (non-hydrogen) atoms. The quantitative estimate of drug-likeness (QED) is 0.727. The van der Waals surface area contributed by atoms with Crippen LogP contribution in [-0.4, -0.2) is 31.3 Å². The van der Waals surface area contributed by atoms with Gasteiger partial charge in [0.2, 0.25) is 0 Å². The standard InChI is InChI=1S/C15H23NO4/c1-4-5-6-12(15(17)18)16-10-11-7-8-13(19-2)14(9-11)20-3/h7-9,12,16H,4-6,10H2,1-3H3,(H,17,18). The van der Waals surface area contributed by atoms with Gasteiger partial charge in [0.1, 0.15) is 6.04 Å². The van der Waals surface area contributed by atoms with Crippen molar-refractivity contribution < 1.29 is 19.4 Å². The number of nitrogens with one attached hydrogen (secondary N) is 1. The minimum atomic E-state index is -0.807. The van der Waals surface area contributed by atoms with E-state index in [2.05, 4.69) is 5.32 Å². The summed E-state index contributed by atoms with van der Waals surface area (Å²) < 4.78 is 10.4. The number of ether oxygens (including phenoxy) is 2. The number of hydrogen-bond acceptors (Lipinski definition) is 4. The SMILES string of the molecule is CCCCC(NCc1ccc(OC)c(OC)c1)C(=O)O. The molecule has 2 N–H and O–H groups in total. The second-order valence-electron chi connectivity index (χ2n) is 4.60. The van der Waals surface area contributed by atoms with Crippen LogP contribution in [-0.2, 0) is 11.3 Å². The first-order chi connectivity index (χ1) is 9.62. The van der Waals surface area contributed by atoms with E-state index in [-0.39, 0.29) is 0 Å². The highest BCUT2D eigenvalue weighted by atomic mass is 16.5. The predicted octanol–water partition coefficient (Wildman–Crippen LogP) is 2.44. The lowest BCUT2D eigenvalue weighted by Gasteiger charge is -2.15. The van der Waals surface area contributed by atoms with E-state index in [0.717, 1.165) is 18.4 Å². The lowest BCUT2D eigenvalue weighted by atomic mass is 10.1. The Balaban J connectivity index is 2.65. The van der Waals surface area contributed by atoms with Gasteiger partial charge in [-0.1, -0.05) is 25.8 Å². The number of aliphatic carboxylic acids is 1. The van der Waals surface area contributed by atoms with Crippen molar-refractivity contribution in [2.24, 2.45) is 0 Å². The van der Waals surface area contributed by atoms with Crippen molar-refractivity contribution in [2.45, 2.75) is 38.8 Å². The van der Waals surface area contributed by atoms with E-state index in [1.165, 1.54) is 0 Å². The number of rotatable bonds is 9. The van der Waals surface area contributed by atoms with Gasteiger partial charge in [-0.3, -0.25) is 4.79 Å². The molecule has 0 aliphatic carbocycles. The number of carboxylic acids is 1. The fourth-order valence-corrected chi connectivity index (χ4v) is 1.95. The number of carboxylic acid groups (broad SMARTS) is 1. The zero-order valence-corrected chi connectivity index (χ0v) is 12.3. The molecule has 1 aromatic carbocycles. The van der Waals surface area contributed by atoms with Crippen LogP contribution in [0.15, 0.2) is 18.2 Å². The molecule has 0 heterocycles. The summed E-state index contributed by atoms with van der Waals surface area (Å²) in [7, 11) is 3.16. The maximum absolute atomic E-state index is 11.1. The minimum absolute atomic E-state index is 0.487. The van der Waals surface area contributed by atoms with E-state index < -0.39 is 12.0 Å². The summed E-state index contributed by atoms with van der Waals surface area (Å²) in [5.41, 5.74) is 0.963. The van der Waals surface area contributed by atoms with Crippen molar-refractivity contribution >= 4 is 5.97 Å². The Hall–Kier alpha value is -1.75. The van der Waals surface area contributed by atoms with E-state index in [1.54, 1.807) is 14.2 Å². The van der Waals surface area contributed by atoms with Crippen molar-refractivity contribution in [1.29, 1.82) is 0 Å². The Bertz CT molecular complexity index is 434. The molecule has 0 spiro atoms. The van der Waals surface area contributed by atoms with Crippen molar-refractivity contribution in [3.8, 4) is 11.5 Å². The van der Waals surface area contributed by atoms with Crippen LogP contribution in [0.1, 0.15) is 31.7 Å². The largest absolute Gasteiger partial charge is 0.493 e. The van der Waals surface area contributed by atoms with E-state index in [0.29, 0.717) is 24.5 Å². The molecule has 0 amide bonds. The monoisotopic (exact) mass is 281 g/mol. The number of hydrogen-bond donors (Lipinski definition) is 2. The Kier molecular flexibility index (Phi) is 6.87. The maximum atomic E-state index is 11.1. The lowest BCUT2D eigenvalue weighted by Crippen LogP contribution is -2.36. The van der Waals surface area contributed by atoms with Crippen LogP contribution in [0.2, 0.25) is 0 Å². The van der Waals surface area contributed by atoms with Gasteiger partial charge in [-0.2, -0.15) is 0 Å². The van der Waals surface area contributed by atoms with Crippen LogP contribution in [0.4, 0.5) is 0 Å². The van der Waals surface area contributed by atoms with Crippen molar-refractivity contribution in [1.82, 2.24) is 5.32 Å². The maximum Gasteiger partial charge on any atom is 0.320 e. The minimum Gasteiger partial charge on any atom is -0.493 e. The van der Waals surface area contributed by atoms with Gasteiger partial charge in [0.05, 0.1) is 14.2 Å². The van der Waals surface area contributed by atoms with Crippen molar-refractivity contribution in [3.05, 3.63) is 23.8 Å². The molecule has 0 radical (unpaired) electrons. The third-order valence-electron chi connectivity index (χ3n) is 3.14. The summed E-state index contributed by atoms with van der Waals surface area (Å²) in [6, 6.07) is 5.05. The molecule has 0 saturated carbocycles. The molecule has 1 rings (SSSR count). The molecule has 1 atom stereocenters. The summed E-state index contributed by atoms with van der Waals surface area (Å²) in [4.78, 5) is 11.1. The second-order valence-corrected chi connectivity index (χ2v) is 4.60. The fraction of sp³-hybridized carbons (Fsp3) is 0.533. The van der Waals surface area contributed by atoms with Gasteiger partial charge in [0.25, 0.3) is 0 Å². The van der Waals surface area contributed by atoms with Gasteiger partial charge in [0, 0.05) is 6.54 Å². The Morgan fingerprint density at radius 3 is 2.55 bits per heavy atom. The average Bonchev–Trinajstić information content (AvgIpc) is 2.46. The Morgan fingerprint density at radius 2 is 2.00 bits per heavy atom. The topological polar surface area (TPSA) is 67.8 Å². The molecule has 0 saturated heterocycles. The van der Waals surface area contributed by atoms with Gasteiger partial charge < -0.3 is 19.9 Å². The summed E-state index contributed by atoms with van der Waals surface area (Å²) in [5, 5.41) is 12.2. The van der Waals surface area contributed by atoms with Crippen molar-refractivity contribution in [2.75, 3.05) is 14.2 Å². The molecule has 1 aromatic rings. The number of unbranched alkanes of at least 4 members (excludes halogenated alkanes) is 1. The first-order valence-corrected chi connectivity index (χ1v) is 6.79. The molecule has 0 aliphatic rings. The molecule has 1 unspecified atom stereocenters. The van der Waals surface area contributed by atoms with Crippen LogP contribution < -0.4 is 14.8 Å². The molecule has 5 heteroatoms. The van der Waals surface area contributed by atoms with E-state index >= 15 is 0 Å². The lowest BCUT2D eigenvalue weighted by molar-refractivity contribution is -0.139. The first-order valence-electron chi connectivity index (χ1n) is 6.79. The zero-order valence-electron chi connectivity index (χ0n) is 12.3. The molecule has 0 fully saturated rings. The molecular formula is C15H23NO4. The first kappa shape index (κ1) is 16.3. The third-order valence-corrected chi connectivity index (χ3v) is 3.14. The van der Waals surface area contributed by atoms with E-state index in [1.807, 2.05) is 25.1 Å². The molecule has 5 nitrogen and oxygen atoms in total. The van der Waals surface area contributed by atoms with E-state index in [4.69, 9.17) is 14.6 Å². The molecule has 112 valence electrons. The molecular weight excluding hydrogens is 258 g/mol. The highest BCUT2D eigenvalue weighted by Gasteiger charge is 2.16. The van der Waals surface area contributed by atoms with Crippen molar-refractivity contribution in [3.63, 3.8) is 0 Å². The van der Waals surface area contributed by atoms with Gasteiger partial charge in [-0.05, 0) is 24.1 Å². The molecule has 0 aliphatic heterocycles. The summed E-state index contributed by atoms with van der Waals surface area (Å²) in [5.74, 6) is 0.503. The summed E-state index contributed by atoms with van der Waals surface area (Å²) >= 11 is 0. The number of benzene rings is 1. The number of carbonyl (C=O) groups is 1. The Labute approximate surface area is 119 Å². The smallest absolute Gasteiger partial charge is 0.320 e. The van der Waals surface area contributed by atoms with Crippen LogP contribution in [0.5, 0.6) is 11.5 Å². The van der Waals surface area contributed by atoms with Gasteiger partial charge in [-0.15, -0.1) is 0 Å². The fourth-order valence-electron chi connectivity index (χ4n) is 1.95. The number of methoxy groups -OCH3 is 2. The van der Waals surface area contributed by atoms with E-state index in [9.17, 15) is 4.79 Å². The van der Waals surface area contributed by atoms with Gasteiger partial charge in [0.15, 0.2) is 11.5 Å². The van der Waals surface area contributed by atoms with Gasteiger partial charge >= 0.3 is 5.97 Å². The second kappa shape index (κ2) is 8.43. The highest BCUT2D eigenvalue weighted by Crippen LogP contribution is 2.27. The average molecular weight is 281 g/mol. The third kappa shape index (κ3) is 4.74. The molecule has 0 bridgehead atoms. The van der Waals surface area contributed by atoms with Crippen LogP contribution in [0.3, 0.4) is 0 Å². The summed E-state index contributed by atoms with van der Waals surface area (Å²) in [6.45, 7) is 2.54. The highest BCUT2D eigenvalue weighted by molar-refractivity contribution is 5.73. The van der Waals surface area contributed by atoms with Crippen LogP contribution >= 0.6 is 0 Å². The Morgan fingerprint density at radius 1 is 1.30 bits per heavy atom. The summed E-state index contributed by atoms with van der Waals surface area (Å²) in [6.07, 6.45) is 2.52. The molecule has 0 aromatic heterocycles. The zero-order chi connectivity index (χ0) is 15.0. The van der Waals surface area contributed by atoms with Crippen LogP contribution in [0.25, 0.3) is 0 Å². The van der Waals surface area contributed by atoms with Gasteiger partial charge in [-0.25, -0.2) is 0 Å². The normalized spacial score (nSPS) is 11.9. The van der Waals surface area contributed by atoms with Crippen LogP contribution in [0, 0.1) is 0 Å². The predicted molar refractivity (Wildman–Crippen MR) is 77.3 cm³/mol.